The van der Waals surface area contributed by atoms with Crippen LogP contribution in [0.5, 0.6) is 0 Å². The van der Waals surface area contributed by atoms with E-state index in [1.807, 2.05) is 30.3 Å². The number of hydrogen-bond donors (Lipinski definition) is 1. The Bertz CT molecular complexity index is 763. The van der Waals surface area contributed by atoms with Gasteiger partial charge in [0.2, 0.25) is 5.91 Å². The van der Waals surface area contributed by atoms with Gasteiger partial charge in [-0.25, -0.2) is 4.39 Å². The second-order valence-corrected chi connectivity index (χ2v) is 6.42. The Morgan fingerprint density at radius 3 is 2.07 bits per heavy atom. The first-order chi connectivity index (χ1) is 12.5. The van der Waals surface area contributed by atoms with Gasteiger partial charge in [-0.3, -0.25) is 9.59 Å². The van der Waals surface area contributed by atoms with Gasteiger partial charge in [-0.15, -0.1) is 12.4 Å². The first kappa shape index (κ1) is 20.9. The van der Waals surface area contributed by atoms with Crippen molar-refractivity contribution < 1.29 is 14.0 Å². The lowest BCUT2D eigenvalue weighted by Gasteiger charge is -2.36. The largest absolute Gasteiger partial charge is 0.338 e. The summed E-state index contributed by atoms with van der Waals surface area (Å²) in [4.78, 5) is 28.4. The zero-order valence-corrected chi connectivity index (χ0v) is 15.7. The molecule has 0 aromatic heterocycles. The van der Waals surface area contributed by atoms with Gasteiger partial charge in [0.25, 0.3) is 5.91 Å². The van der Waals surface area contributed by atoms with Crippen LogP contribution in [0.3, 0.4) is 0 Å². The molecule has 0 bridgehead atoms. The fraction of sp³-hybridized carbons (Fsp3) is 0.300. The number of nitrogens with zero attached hydrogens (tertiary/aromatic N) is 2. The molecule has 1 unspecified atom stereocenters. The summed E-state index contributed by atoms with van der Waals surface area (Å²) in [6.45, 7) is 1.79. The maximum atomic E-state index is 13.0. The number of amides is 2. The van der Waals surface area contributed by atoms with Crippen LogP contribution in [0.4, 0.5) is 4.39 Å². The van der Waals surface area contributed by atoms with E-state index in [4.69, 9.17) is 5.73 Å². The van der Waals surface area contributed by atoms with Gasteiger partial charge in [0.15, 0.2) is 0 Å². The summed E-state index contributed by atoms with van der Waals surface area (Å²) in [7, 11) is 0. The Kier molecular flexibility index (Phi) is 7.33. The number of carbonyl (C=O) groups is 2. The Balaban J connectivity index is 0.00000261. The minimum Gasteiger partial charge on any atom is -0.338 e. The van der Waals surface area contributed by atoms with E-state index >= 15 is 0 Å². The molecule has 1 heterocycles. The molecule has 7 heteroatoms. The SMILES string of the molecule is Cl.NC(Cc1ccccc1)C(=O)N1CCN(C(=O)c2ccc(F)cc2)CC1. The normalized spacial score (nSPS) is 15.0. The highest BCUT2D eigenvalue weighted by Crippen LogP contribution is 2.11. The highest BCUT2D eigenvalue weighted by atomic mass is 35.5. The van der Waals surface area contributed by atoms with E-state index in [1.165, 1.54) is 24.3 Å². The molecular formula is C20H23ClFN3O2. The Hall–Kier alpha value is -2.44. The lowest BCUT2D eigenvalue weighted by Crippen LogP contribution is -2.54. The molecule has 2 aromatic rings. The number of piperazine rings is 1. The van der Waals surface area contributed by atoms with Gasteiger partial charge >= 0.3 is 0 Å². The van der Waals surface area contributed by atoms with Crippen LogP contribution >= 0.6 is 12.4 Å². The first-order valence-corrected chi connectivity index (χ1v) is 8.68. The highest BCUT2D eigenvalue weighted by molar-refractivity contribution is 5.94. The standard InChI is InChI=1S/C20H22FN3O2.ClH/c21-17-8-6-16(7-9-17)19(25)23-10-12-24(13-11-23)20(26)18(22)14-15-4-2-1-3-5-15;/h1-9,18H,10-14,22H2;1H. The lowest BCUT2D eigenvalue weighted by atomic mass is 10.1. The second-order valence-electron chi connectivity index (χ2n) is 6.42. The zero-order valence-electron chi connectivity index (χ0n) is 14.9. The molecule has 3 rings (SSSR count). The summed E-state index contributed by atoms with van der Waals surface area (Å²) in [5.41, 5.74) is 7.55. The van der Waals surface area contributed by atoms with E-state index in [1.54, 1.807) is 9.80 Å². The van der Waals surface area contributed by atoms with E-state index in [0.717, 1.165) is 5.56 Å². The smallest absolute Gasteiger partial charge is 0.253 e. The minimum atomic E-state index is -0.586. The molecule has 0 aliphatic carbocycles. The predicted octanol–water partition coefficient (Wildman–Crippen LogP) is 2.10. The van der Waals surface area contributed by atoms with Crippen molar-refractivity contribution in [2.75, 3.05) is 26.2 Å². The molecule has 1 aliphatic heterocycles. The third-order valence-corrected chi connectivity index (χ3v) is 4.59. The Labute approximate surface area is 164 Å². The van der Waals surface area contributed by atoms with Crippen LogP contribution in [0.15, 0.2) is 54.6 Å². The van der Waals surface area contributed by atoms with Gasteiger partial charge in [0.05, 0.1) is 6.04 Å². The Morgan fingerprint density at radius 1 is 0.926 bits per heavy atom. The van der Waals surface area contributed by atoms with Crippen LogP contribution in [-0.4, -0.2) is 53.8 Å². The van der Waals surface area contributed by atoms with Gasteiger partial charge in [0, 0.05) is 31.7 Å². The fourth-order valence-electron chi connectivity index (χ4n) is 3.09. The topological polar surface area (TPSA) is 66.6 Å². The molecule has 2 aromatic carbocycles. The molecule has 1 aliphatic rings. The van der Waals surface area contributed by atoms with Crippen molar-refractivity contribution in [1.29, 1.82) is 0 Å². The van der Waals surface area contributed by atoms with Gasteiger partial charge in [-0.05, 0) is 36.2 Å². The second kappa shape index (κ2) is 9.48. The van der Waals surface area contributed by atoms with Crippen molar-refractivity contribution >= 4 is 24.2 Å². The molecule has 0 radical (unpaired) electrons. The Morgan fingerprint density at radius 2 is 1.48 bits per heavy atom. The monoisotopic (exact) mass is 391 g/mol. The lowest BCUT2D eigenvalue weighted by molar-refractivity contribution is -0.134. The van der Waals surface area contributed by atoms with Crippen LogP contribution in [0.1, 0.15) is 15.9 Å². The molecule has 5 nitrogen and oxygen atoms in total. The molecule has 2 amide bonds. The van der Waals surface area contributed by atoms with Crippen molar-refractivity contribution in [3.63, 3.8) is 0 Å². The molecule has 1 atom stereocenters. The van der Waals surface area contributed by atoms with E-state index in [9.17, 15) is 14.0 Å². The fourth-order valence-corrected chi connectivity index (χ4v) is 3.09. The maximum absolute atomic E-state index is 13.0. The quantitative estimate of drug-likeness (QED) is 0.868. The van der Waals surface area contributed by atoms with Crippen LogP contribution in [0.25, 0.3) is 0 Å². The van der Waals surface area contributed by atoms with Gasteiger partial charge in [-0.2, -0.15) is 0 Å². The molecule has 0 spiro atoms. The molecular weight excluding hydrogens is 369 g/mol. The van der Waals surface area contributed by atoms with Crippen molar-refractivity contribution in [3.05, 3.63) is 71.5 Å². The van der Waals surface area contributed by atoms with Crippen molar-refractivity contribution in [1.82, 2.24) is 9.80 Å². The third-order valence-electron chi connectivity index (χ3n) is 4.59. The highest BCUT2D eigenvalue weighted by Gasteiger charge is 2.27. The first-order valence-electron chi connectivity index (χ1n) is 8.68. The predicted molar refractivity (Wildman–Crippen MR) is 104 cm³/mol. The van der Waals surface area contributed by atoms with Gasteiger partial charge in [-0.1, -0.05) is 30.3 Å². The molecule has 0 saturated carbocycles. The minimum absolute atomic E-state index is 0. The number of carbonyl (C=O) groups excluding carboxylic acids is 2. The number of rotatable bonds is 4. The van der Waals surface area contributed by atoms with Crippen molar-refractivity contribution in [2.45, 2.75) is 12.5 Å². The van der Waals surface area contributed by atoms with Crippen LogP contribution < -0.4 is 5.73 Å². The summed E-state index contributed by atoms with van der Waals surface area (Å²) in [5, 5.41) is 0. The number of nitrogens with two attached hydrogens (primary N) is 1. The van der Waals surface area contributed by atoms with E-state index in [2.05, 4.69) is 0 Å². The number of halogens is 2. The number of hydrogen-bond acceptors (Lipinski definition) is 3. The molecule has 27 heavy (non-hydrogen) atoms. The number of benzene rings is 2. The third kappa shape index (κ3) is 5.28. The average Bonchev–Trinajstić information content (AvgIpc) is 2.68. The molecule has 2 N–H and O–H groups in total. The van der Waals surface area contributed by atoms with Crippen LogP contribution in [0.2, 0.25) is 0 Å². The van der Waals surface area contributed by atoms with Gasteiger partial charge in [0.1, 0.15) is 5.82 Å². The summed E-state index contributed by atoms with van der Waals surface area (Å²) in [6, 6.07) is 14.6. The van der Waals surface area contributed by atoms with Crippen LogP contribution in [0, 0.1) is 5.82 Å². The van der Waals surface area contributed by atoms with E-state index in [-0.39, 0.29) is 30.0 Å². The van der Waals surface area contributed by atoms with Crippen molar-refractivity contribution in [3.8, 4) is 0 Å². The van der Waals surface area contributed by atoms with Crippen LogP contribution in [-0.2, 0) is 11.2 Å². The molecule has 144 valence electrons. The summed E-state index contributed by atoms with van der Waals surface area (Å²) in [5.74, 6) is -0.613. The van der Waals surface area contributed by atoms with Gasteiger partial charge < -0.3 is 15.5 Å². The van der Waals surface area contributed by atoms with E-state index < -0.39 is 6.04 Å². The maximum Gasteiger partial charge on any atom is 0.253 e. The summed E-state index contributed by atoms with van der Waals surface area (Å²) >= 11 is 0. The molecule has 1 fully saturated rings. The summed E-state index contributed by atoms with van der Waals surface area (Å²) < 4.78 is 13.0. The zero-order chi connectivity index (χ0) is 18.5. The average molecular weight is 392 g/mol. The summed E-state index contributed by atoms with van der Waals surface area (Å²) in [6.07, 6.45) is 0.494. The van der Waals surface area contributed by atoms with Crippen molar-refractivity contribution in [2.24, 2.45) is 5.73 Å². The van der Waals surface area contributed by atoms with E-state index in [0.29, 0.717) is 38.2 Å². The molecule has 1 saturated heterocycles.